The molecule has 1 aromatic heterocycles. The predicted octanol–water partition coefficient (Wildman–Crippen LogP) is 5.57. The van der Waals surface area contributed by atoms with Crippen LogP contribution in [0.2, 0.25) is 0 Å². The fraction of sp³-hybridized carbons (Fsp3) is 0.222. The van der Waals surface area contributed by atoms with Crippen molar-refractivity contribution < 1.29 is 9.47 Å². The fourth-order valence-electron chi connectivity index (χ4n) is 3.35. The SMILES string of the molecule is COc1cc(/C=C/c2cccc(/C=C/c3ccc(N(C)C)c(OC)c3)n2)ccc1N(C)C. The largest absolute Gasteiger partial charge is 0.495 e. The molecule has 0 fully saturated rings. The molecule has 0 radical (unpaired) electrons. The third-order valence-corrected chi connectivity index (χ3v) is 5.06. The van der Waals surface area contributed by atoms with E-state index in [2.05, 4.69) is 24.3 Å². The standard InChI is InChI=1S/C27H31N3O2/c1-29(2)24-16-12-20(18-26(24)31-5)10-14-22-8-7-9-23(28-22)15-11-21-13-17-25(30(3)4)27(19-21)32-6/h7-19H,1-6H3/b14-10+,15-11+. The molecule has 0 amide bonds. The molecule has 0 bridgehead atoms. The van der Waals surface area contributed by atoms with Gasteiger partial charge in [0.05, 0.1) is 37.0 Å². The average molecular weight is 430 g/mol. The average Bonchev–Trinajstić information content (AvgIpc) is 2.81. The van der Waals surface area contributed by atoms with Crippen LogP contribution in [0.5, 0.6) is 11.5 Å². The molecular formula is C27H31N3O2. The van der Waals surface area contributed by atoms with Crippen molar-refractivity contribution in [1.29, 1.82) is 0 Å². The van der Waals surface area contributed by atoms with Crippen LogP contribution in [0.3, 0.4) is 0 Å². The van der Waals surface area contributed by atoms with E-state index < -0.39 is 0 Å². The molecule has 3 aromatic rings. The van der Waals surface area contributed by atoms with E-state index in [1.807, 2.05) is 92.6 Å². The lowest BCUT2D eigenvalue weighted by atomic mass is 10.1. The Labute approximate surface area is 191 Å². The van der Waals surface area contributed by atoms with Gasteiger partial charge in [-0.25, -0.2) is 4.98 Å². The number of nitrogens with zero attached hydrogens (tertiary/aromatic N) is 3. The summed E-state index contributed by atoms with van der Waals surface area (Å²) in [6.07, 6.45) is 8.11. The maximum atomic E-state index is 5.52. The monoisotopic (exact) mass is 429 g/mol. The quantitative estimate of drug-likeness (QED) is 0.468. The molecule has 0 aliphatic heterocycles. The molecule has 0 aliphatic carbocycles. The van der Waals surface area contributed by atoms with E-state index in [1.165, 1.54) is 0 Å². The molecule has 32 heavy (non-hydrogen) atoms. The molecule has 3 rings (SSSR count). The summed E-state index contributed by atoms with van der Waals surface area (Å²) in [5.41, 5.74) is 5.99. The number of hydrogen-bond donors (Lipinski definition) is 0. The predicted molar refractivity (Wildman–Crippen MR) is 137 cm³/mol. The summed E-state index contributed by atoms with van der Waals surface area (Å²) in [6.45, 7) is 0. The molecule has 0 spiro atoms. The molecule has 0 aliphatic rings. The van der Waals surface area contributed by atoms with Gasteiger partial charge >= 0.3 is 0 Å². The van der Waals surface area contributed by atoms with E-state index in [9.17, 15) is 0 Å². The van der Waals surface area contributed by atoms with Crippen molar-refractivity contribution in [3.05, 3.63) is 77.1 Å². The van der Waals surface area contributed by atoms with Crippen molar-refractivity contribution in [3.63, 3.8) is 0 Å². The van der Waals surface area contributed by atoms with Crippen LogP contribution in [0, 0.1) is 0 Å². The van der Waals surface area contributed by atoms with Crippen molar-refractivity contribution in [2.45, 2.75) is 0 Å². The maximum Gasteiger partial charge on any atom is 0.142 e. The Morgan fingerprint density at radius 2 is 1.06 bits per heavy atom. The Kier molecular flexibility index (Phi) is 7.55. The van der Waals surface area contributed by atoms with Gasteiger partial charge < -0.3 is 19.3 Å². The Morgan fingerprint density at radius 3 is 1.44 bits per heavy atom. The molecule has 5 nitrogen and oxygen atoms in total. The lowest BCUT2D eigenvalue weighted by Crippen LogP contribution is -2.09. The topological polar surface area (TPSA) is 37.8 Å². The summed E-state index contributed by atoms with van der Waals surface area (Å²) in [4.78, 5) is 8.80. The molecule has 1 heterocycles. The van der Waals surface area contributed by atoms with E-state index in [4.69, 9.17) is 14.5 Å². The van der Waals surface area contributed by atoms with Crippen LogP contribution >= 0.6 is 0 Å². The summed E-state index contributed by atoms with van der Waals surface area (Å²) in [6, 6.07) is 18.3. The molecule has 0 saturated carbocycles. The van der Waals surface area contributed by atoms with Crippen LogP contribution in [0.15, 0.2) is 54.6 Å². The summed E-state index contributed by atoms with van der Waals surface area (Å²) in [7, 11) is 11.4. The van der Waals surface area contributed by atoms with Gasteiger partial charge in [-0.2, -0.15) is 0 Å². The summed E-state index contributed by atoms with van der Waals surface area (Å²) < 4.78 is 11.0. The number of aromatic nitrogens is 1. The van der Waals surface area contributed by atoms with Gasteiger partial charge in [-0.1, -0.05) is 30.4 Å². The van der Waals surface area contributed by atoms with Crippen LogP contribution < -0.4 is 19.3 Å². The minimum absolute atomic E-state index is 0.845. The highest BCUT2D eigenvalue weighted by atomic mass is 16.5. The third kappa shape index (κ3) is 5.70. The van der Waals surface area contributed by atoms with Gasteiger partial charge in [-0.15, -0.1) is 0 Å². The first-order valence-corrected chi connectivity index (χ1v) is 10.4. The molecule has 166 valence electrons. The van der Waals surface area contributed by atoms with Gasteiger partial charge in [-0.3, -0.25) is 0 Å². The van der Waals surface area contributed by atoms with Crippen LogP contribution in [0.1, 0.15) is 22.5 Å². The van der Waals surface area contributed by atoms with Gasteiger partial charge in [0.1, 0.15) is 11.5 Å². The van der Waals surface area contributed by atoms with Crippen molar-refractivity contribution in [1.82, 2.24) is 4.98 Å². The third-order valence-electron chi connectivity index (χ3n) is 5.06. The Hall–Kier alpha value is -3.73. The Balaban J connectivity index is 1.77. The van der Waals surface area contributed by atoms with Crippen LogP contribution in [0.4, 0.5) is 11.4 Å². The number of benzene rings is 2. The summed E-state index contributed by atoms with van der Waals surface area (Å²) in [5, 5.41) is 0. The summed E-state index contributed by atoms with van der Waals surface area (Å²) >= 11 is 0. The van der Waals surface area contributed by atoms with E-state index in [0.29, 0.717) is 0 Å². The van der Waals surface area contributed by atoms with Crippen LogP contribution in [0.25, 0.3) is 24.3 Å². The van der Waals surface area contributed by atoms with Crippen molar-refractivity contribution in [2.75, 3.05) is 52.2 Å². The van der Waals surface area contributed by atoms with Crippen LogP contribution in [-0.4, -0.2) is 47.4 Å². The second kappa shape index (κ2) is 10.5. The second-order valence-electron chi connectivity index (χ2n) is 7.81. The highest BCUT2D eigenvalue weighted by molar-refractivity contribution is 5.74. The molecule has 0 N–H and O–H groups in total. The van der Waals surface area contributed by atoms with E-state index in [0.717, 1.165) is 45.4 Å². The maximum absolute atomic E-state index is 5.52. The minimum Gasteiger partial charge on any atom is -0.495 e. The summed E-state index contributed by atoms with van der Waals surface area (Å²) in [5.74, 6) is 1.69. The van der Waals surface area contributed by atoms with Gasteiger partial charge in [0.2, 0.25) is 0 Å². The Bertz CT molecular complexity index is 1030. The molecule has 5 heteroatoms. The van der Waals surface area contributed by atoms with E-state index >= 15 is 0 Å². The lowest BCUT2D eigenvalue weighted by Gasteiger charge is -2.16. The van der Waals surface area contributed by atoms with Gasteiger partial charge in [0, 0.05) is 28.2 Å². The Morgan fingerprint density at radius 1 is 0.625 bits per heavy atom. The lowest BCUT2D eigenvalue weighted by molar-refractivity contribution is 0.415. The molecule has 0 unspecified atom stereocenters. The number of hydrogen-bond acceptors (Lipinski definition) is 5. The second-order valence-corrected chi connectivity index (χ2v) is 7.81. The number of ether oxygens (including phenoxy) is 2. The van der Waals surface area contributed by atoms with Crippen molar-refractivity contribution >= 4 is 35.7 Å². The van der Waals surface area contributed by atoms with E-state index in [-0.39, 0.29) is 0 Å². The first-order chi connectivity index (χ1) is 15.4. The number of methoxy groups -OCH3 is 2. The highest BCUT2D eigenvalue weighted by Gasteiger charge is 2.06. The van der Waals surface area contributed by atoms with Gasteiger partial charge in [0.15, 0.2) is 0 Å². The van der Waals surface area contributed by atoms with Crippen molar-refractivity contribution in [2.24, 2.45) is 0 Å². The fourth-order valence-corrected chi connectivity index (χ4v) is 3.35. The number of pyridine rings is 1. The zero-order valence-electron chi connectivity index (χ0n) is 19.7. The number of rotatable bonds is 8. The zero-order chi connectivity index (χ0) is 23.1. The first kappa shape index (κ1) is 22.9. The normalized spacial score (nSPS) is 11.2. The number of anilines is 2. The molecule has 0 atom stereocenters. The van der Waals surface area contributed by atoms with Gasteiger partial charge in [-0.05, 0) is 59.7 Å². The van der Waals surface area contributed by atoms with E-state index in [1.54, 1.807) is 14.2 Å². The zero-order valence-corrected chi connectivity index (χ0v) is 19.7. The first-order valence-electron chi connectivity index (χ1n) is 10.4. The molecular weight excluding hydrogens is 398 g/mol. The molecule has 0 saturated heterocycles. The molecule has 2 aromatic carbocycles. The van der Waals surface area contributed by atoms with Crippen molar-refractivity contribution in [3.8, 4) is 11.5 Å². The van der Waals surface area contributed by atoms with Crippen LogP contribution in [-0.2, 0) is 0 Å². The smallest absolute Gasteiger partial charge is 0.142 e. The highest BCUT2D eigenvalue weighted by Crippen LogP contribution is 2.29. The van der Waals surface area contributed by atoms with Gasteiger partial charge in [0.25, 0.3) is 0 Å². The minimum atomic E-state index is 0.845.